The standard InChI is InChI=1S/C8H16O3/c1-8(2,3)6(9)5-7(10)11-4/h6,9H,5H2,1-4H3. The van der Waals surface area contributed by atoms with Gasteiger partial charge in [-0.25, -0.2) is 0 Å². The number of carbonyl (C=O) groups is 1. The van der Waals surface area contributed by atoms with E-state index in [2.05, 4.69) is 4.74 Å². The van der Waals surface area contributed by atoms with Crippen LogP contribution in [-0.4, -0.2) is 24.3 Å². The first-order chi connectivity index (χ1) is 4.88. The van der Waals surface area contributed by atoms with Crippen LogP contribution in [0.2, 0.25) is 0 Å². The molecule has 0 heterocycles. The Hall–Kier alpha value is -0.570. The van der Waals surface area contributed by atoms with E-state index in [0.29, 0.717) is 0 Å². The molecule has 0 aliphatic rings. The van der Waals surface area contributed by atoms with E-state index in [1.807, 2.05) is 20.8 Å². The molecule has 11 heavy (non-hydrogen) atoms. The Kier molecular flexibility index (Phi) is 3.52. The summed E-state index contributed by atoms with van der Waals surface area (Å²) in [5.41, 5.74) is -0.256. The van der Waals surface area contributed by atoms with Gasteiger partial charge in [0, 0.05) is 0 Å². The summed E-state index contributed by atoms with van der Waals surface area (Å²) in [4.78, 5) is 10.7. The van der Waals surface area contributed by atoms with E-state index >= 15 is 0 Å². The molecular formula is C8H16O3. The van der Waals surface area contributed by atoms with Crippen molar-refractivity contribution in [1.29, 1.82) is 0 Å². The highest BCUT2D eigenvalue weighted by Crippen LogP contribution is 2.21. The second-order valence-corrected chi connectivity index (χ2v) is 3.66. The van der Waals surface area contributed by atoms with Crippen molar-refractivity contribution in [2.24, 2.45) is 5.41 Å². The van der Waals surface area contributed by atoms with Gasteiger partial charge in [0.25, 0.3) is 0 Å². The lowest BCUT2D eigenvalue weighted by Gasteiger charge is -2.24. The second-order valence-electron chi connectivity index (χ2n) is 3.66. The molecule has 0 aliphatic heterocycles. The third kappa shape index (κ3) is 3.98. The topological polar surface area (TPSA) is 46.5 Å². The first-order valence-corrected chi connectivity index (χ1v) is 3.63. The molecule has 0 rings (SSSR count). The molecule has 0 aromatic rings. The second kappa shape index (κ2) is 3.72. The zero-order valence-corrected chi connectivity index (χ0v) is 7.55. The first kappa shape index (κ1) is 10.4. The fourth-order valence-electron chi connectivity index (χ4n) is 0.547. The molecule has 1 unspecified atom stereocenters. The minimum Gasteiger partial charge on any atom is -0.469 e. The van der Waals surface area contributed by atoms with E-state index < -0.39 is 6.10 Å². The Labute approximate surface area is 67.4 Å². The highest BCUT2D eigenvalue weighted by molar-refractivity contribution is 5.69. The zero-order chi connectivity index (χ0) is 9.07. The van der Waals surface area contributed by atoms with Gasteiger partial charge in [-0.15, -0.1) is 0 Å². The van der Waals surface area contributed by atoms with Crippen LogP contribution in [0.4, 0.5) is 0 Å². The van der Waals surface area contributed by atoms with Crippen LogP contribution in [0.5, 0.6) is 0 Å². The molecule has 1 N–H and O–H groups in total. The lowest BCUT2D eigenvalue weighted by molar-refractivity contribution is -0.144. The predicted octanol–water partition coefficient (Wildman–Crippen LogP) is 0.956. The maximum absolute atomic E-state index is 10.7. The zero-order valence-electron chi connectivity index (χ0n) is 7.55. The third-order valence-electron chi connectivity index (χ3n) is 1.59. The van der Waals surface area contributed by atoms with Gasteiger partial charge in [0.05, 0.1) is 19.6 Å². The fourth-order valence-corrected chi connectivity index (χ4v) is 0.547. The normalized spacial score (nSPS) is 14.3. The van der Waals surface area contributed by atoms with E-state index in [9.17, 15) is 9.90 Å². The number of aliphatic hydroxyl groups is 1. The minimum atomic E-state index is -0.630. The smallest absolute Gasteiger partial charge is 0.308 e. The van der Waals surface area contributed by atoms with Crippen molar-refractivity contribution in [2.45, 2.75) is 33.3 Å². The summed E-state index contributed by atoms with van der Waals surface area (Å²) >= 11 is 0. The third-order valence-corrected chi connectivity index (χ3v) is 1.59. The molecule has 0 saturated carbocycles. The number of esters is 1. The summed E-state index contributed by atoms with van der Waals surface area (Å²) in [6.45, 7) is 5.63. The van der Waals surface area contributed by atoms with Gasteiger partial charge in [-0.3, -0.25) is 4.79 Å². The maximum Gasteiger partial charge on any atom is 0.308 e. The molecule has 0 aliphatic carbocycles. The molecule has 0 radical (unpaired) electrons. The molecule has 0 bridgehead atoms. The molecule has 66 valence electrons. The monoisotopic (exact) mass is 160 g/mol. The highest BCUT2D eigenvalue weighted by atomic mass is 16.5. The minimum absolute atomic E-state index is 0.0694. The molecular weight excluding hydrogens is 144 g/mol. The molecule has 0 aromatic carbocycles. The summed E-state index contributed by atoms with van der Waals surface area (Å²) in [6, 6.07) is 0. The average Bonchev–Trinajstić information content (AvgIpc) is 1.85. The van der Waals surface area contributed by atoms with Crippen LogP contribution in [0.15, 0.2) is 0 Å². The van der Waals surface area contributed by atoms with Crippen LogP contribution < -0.4 is 0 Å². The predicted molar refractivity (Wildman–Crippen MR) is 42.1 cm³/mol. The van der Waals surface area contributed by atoms with Crippen LogP contribution in [-0.2, 0) is 9.53 Å². The molecule has 0 amide bonds. The average molecular weight is 160 g/mol. The van der Waals surface area contributed by atoms with E-state index in [0.717, 1.165) is 0 Å². The quantitative estimate of drug-likeness (QED) is 0.612. The Bertz CT molecular complexity index is 135. The Morgan fingerprint density at radius 3 is 2.27 bits per heavy atom. The number of ether oxygens (including phenoxy) is 1. The summed E-state index contributed by atoms with van der Waals surface area (Å²) in [5, 5.41) is 9.39. The Balaban J connectivity index is 3.87. The number of aliphatic hydroxyl groups excluding tert-OH is 1. The van der Waals surface area contributed by atoms with E-state index in [1.54, 1.807) is 0 Å². The molecule has 0 saturated heterocycles. The van der Waals surface area contributed by atoms with Gasteiger partial charge in [0.1, 0.15) is 0 Å². The van der Waals surface area contributed by atoms with E-state index in [4.69, 9.17) is 0 Å². The van der Waals surface area contributed by atoms with Crippen LogP contribution in [0.3, 0.4) is 0 Å². The van der Waals surface area contributed by atoms with Gasteiger partial charge in [0.2, 0.25) is 0 Å². The molecule has 3 heteroatoms. The summed E-state index contributed by atoms with van der Waals surface area (Å²) in [5.74, 6) is -0.368. The van der Waals surface area contributed by atoms with Crippen molar-refractivity contribution < 1.29 is 14.6 Å². The van der Waals surface area contributed by atoms with Crippen molar-refractivity contribution in [3.8, 4) is 0 Å². The number of hydrogen-bond donors (Lipinski definition) is 1. The number of carbonyl (C=O) groups excluding carboxylic acids is 1. The van der Waals surface area contributed by atoms with Crippen molar-refractivity contribution in [2.75, 3.05) is 7.11 Å². The van der Waals surface area contributed by atoms with Gasteiger partial charge in [0.15, 0.2) is 0 Å². The van der Waals surface area contributed by atoms with E-state index in [1.165, 1.54) is 7.11 Å². The summed E-state index contributed by atoms with van der Waals surface area (Å²) in [6.07, 6.45) is -0.560. The lowest BCUT2D eigenvalue weighted by atomic mass is 9.87. The van der Waals surface area contributed by atoms with Crippen LogP contribution in [0.1, 0.15) is 27.2 Å². The van der Waals surface area contributed by atoms with Crippen molar-refractivity contribution in [3.63, 3.8) is 0 Å². The molecule has 1 atom stereocenters. The Morgan fingerprint density at radius 2 is 2.00 bits per heavy atom. The lowest BCUT2D eigenvalue weighted by Crippen LogP contribution is -2.28. The molecule has 0 fully saturated rings. The van der Waals surface area contributed by atoms with Gasteiger partial charge in [-0.05, 0) is 5.41 Å². The first-order valence-electron chi connectivity index (χ1n) is 3.63. The molecule has 3 nitrogen and oxygen atoms in total. The number of methoxy groups -OCH3 is 1. The molecule has 0 spiro atoms. The summed E-state index contributed by atoms with van der Waals surface area (Å²) in [7, 11) is 1.32. The number of rotatable bonds is 2. The maximum atomic E-state index is 10.7. The fraction of sp³-hybridized carbons (Fsp3) is 0.875. The largest absolute Gasteiger partial charge is 0.469 e. The van der Waals surface area contributed by atoms with Gasteiger partial charge >= 0.3 is 5.97 Å². The SMILES string of the molecule is COC(=O)CC(O)C(C)(C)C. The van der Waals surface area contributed by atoms with Crippen LogP contribution >= 0.6 is 0 Å². The Morgan fingerprint density at radius 1 is 1.55 bits per heavy atom. The van der Waals surface area contributed by atoms with Gasteiger partial charge in [-0.1, -0.05) is 20.8 Å². The van der Waals surface area contributed by atoms with Crippen molar-refractivity contribution in [1.82, 2.24) is 0 Å². The molecule has 0 aromatic heterocycles. The van der Waals surface area contributed by atoms with Gasteiger partial charge < -0.3 is 9.84 Å². The van der Waals surface area contributed by atoms with Crippen LogP contribution in [0, 0.1) is 5.41 Å². The highest BCUT2D eigenvalue weighted by Gasteiger charge is 2.24. The number of hydrogen-bond acceptors (Lipinski definition) is 3. The van der Waals surface area contributed by atoms with Crippen molar-refractivity contribution in [3.05, 3.63) is 0 Å². The summed E-state index contributed by atoms with van der Waals surface area (Å²) < 4.78 is 4.42. The van der Waals surface area contributed by atoms with Crippen LogP contribution in [0.25, 0.3) is 0 Å². The van der Waals surface area contributed by atoms with E-state index in [-0.39, 0.29) is 17.8 Å². The van der Waals surface area contributed by atoms with Gasteiger partial charge in [-0.2, -0.15) is 0 Å². The van der Waals surface area contributed by atoms with Crippen molar-refractivity contribution >= 4 is 5.97 Å².